The first-order chi connectivity index (χ1) is 16.0. The minimum atomic E-state index is -4.54. The molecule has 0 aliphatic heterocycles. The fraction of sp³-hybridized carbons (Fsp3) is 0.261. The quantitative estimate of drug-likeness (QED) is 0.516. The number of rotatable bonds is 7. The van der Waals surface area contributed by atoms with E-state index < -0.39 is 29.7 Å². The predicted octanol–water partition coefficient (Wildman–Crippen LogP) is 4.15. The molecule has 1 N–H and O–H groups in total. The molecule has 0 aliphatic carbocycles. The molecule has 0 radical (unpaired) electrons. The third kappa shape index (κ3) is 5.66. The fourth-order valence-corrected chi connectivity index (χ4v) is 2.96. The minimum absolute atomic E-state index is 0.0192. The van der Waals surface area contributed by atoms with Crippen molar-refractivity contribution < 1.29 is 32.2 Å². The van der Waals surface area contributed by atoms with Gasteiger partial charge in [0.25, 0.3) is 5.91 Å². The number of nitrogens with zero attached hydrogens (tertiary/aromatic N) is 3. The molecule has 180 valence electrons. The van der Waals surface area contributed by atoms with Crippen LogP contribution in [0.1, 0.15) is 23.0 Å². The van der Waals surface area contributed by atoms with Crippen LogP contribution < -0.4 is 15.0 Å². The van der Waals surface area contributed by atoms with Gasteiger partial charge in [-0.15, -0.1) is 0 Å². The molecule has 2 aromatic carbocycles. The van der Waals surface area contributed by atoms with Gasteiger partial charge in [-0.1, -0.05) is 6.07 Å². The number of hydrogen-bond acceptors (Lipinski definition) is 6. The van der Waals surface area contributed by atoms with Crippen molar-refractivity contribution in [1.82, 2.24) is 9.78 Å². The van der Waals surface area contributed by atoms with Gasteiger partial charge in [-0.25, -0.2) is 9.48 Å². The van der Waals surface area contributed by atoms with Gasteiger partial charge in [0.05, 0.1) is 24.6 Å². The maximum Gasteiger partial charge on any atom is 0.416 e. The molecule has 11 heteroatoms. The van der Waals surface area contributed by atoms with Crippen molar-refractivity contribution in [3.8, 4) is 11.4 Å². The summed E-state index contributed by atoms with van der Waals surface area (Å²) in [5, 5.41) is 6.66. The molecule has 1 amide bonds. The Morgan fingerprint density at radius 3 is 2.38 bits per heavy atom. The number of esters is 1. The highest BCUT2D eigenvalue weighted by atomic mass is 19.4. The van der Waals surface area contributed by atoms with E-state index in [2.05, 4.69) is 10.4 Å². The maximum absolute atomic E-state index is 13.0. The first-order valence-corrected chi connectivity index (χ1v) is 10.1. The van der Waals surface area contributed by atoms with Crippen molar-refractivity contribution >= 4 is 23.3 Å². The lowest BCUT2D eigenvalue weighted by atomic mass is 10.2. The Morgan fingerprint density at radius 2 is 1.79 bits per heavy atom. The Hall–Kier alpha value is -4.02. The van der Waals surface area contributed by atoms with E-state index in [9.17, 15) is 22.8 Å². The van der Waals surface area contributed by atoms with E-state index in [1.165, 1.54) is 32.4 Å². The van der Waals surface area contributed by atoms with Crippen LogP contribution in [0.5, 0.6) is 5.75 Å². The molecule has 1 unspecified atom stereocenters. The second-order valence-corrected chi connectivity index (χ2v) is 7.52. The largest absolute Gasteiger partial charge is 0.493 e. The highest BCUT2D eigenvalue weighted by Gasteiger charge is 2.31. The van der Waals surface area contributed by atoms with Crippen LogP contribution in [-0.4, -0.2) is 49.0 Å². The van der Waals surface area contributed by atoms with E-state index in [1.54, 1.807) is 12.1 Å². The Bertz CT molecular complexity index is 1170. The number of carbonyl (C=O) groups excluding carboxylic acids is 2. The Morgan fingerprint density at radius 1 is 1.12 bits per heavy atom. The second-order valence-electron chi connectivity index (χ2n) is 7.52. The summed E-state index contributed by atoms with van der Waals surface area (Å²) in [5.41, 5.74) is 0.382. The molecule has 0 aliphatic rings. The number of hydrogen-bond donors (Lipinski definition) is 1. The van der Waals surface area contributed by atoms with Crippen LogP contribution in [-0.2, 0) is 15.7 Å². The molecule has 1 atom stereocenters. The van der Waals surface area contributed by atoms with E-state index in [-0.39, 0.29) is 17.1 Å². The first kappa shape index (κ1) is 24.6. The van der Waals surface area contributed by atoms with Crippen LogP contribution in [0, 0.1) is 0 Å². The van der Waals surface area contributed by atoms with Gasteiger partial charge in [0.2, 0.25) is 5.69 Å². The summed E-state index contributed by atoms with van der Waals surface area (Å²) in [6.45, 7) is 1.39. The van der Waals surface area contributed by atoms with Crippen LogP contribution in [0.2, 0.25) is 0 Å². The minimum Gasteiger partial charge on any atom is -0.493 e. The van der Waals surface area contributed by atoms with E-state index in [0.717, 1.165) is 22.5 Å². The van der Waals surface area contributed by atoms with E-state index in [0.29, 0.717) is 5.69 Å². The number of anilines is 2. The van der Waals surface area contributed by atoms with Crippen molar-refractivity contribution in [2.75, 3.05) is 31.4 Å². The number of ether oxygens (including phenoxy) is 2. The molecule has 0 bridgehead atoms. The van der Waals surface area contributed by atoms with Gasteiger partial charge in [0.15, 0.2) is 11.9 Å². The van der Waals surface area contributed by atoms with Crippen LogP contribution >= 0.6 is 0 Å². The zero-order chi connectivity index (χ0) is 25.0. The number of halogens is 3. The number of benzene rings is 2. The summed E-state index contributed by atoms with van der Waals surface area (Å²) in [6, 6.07) is 11.5. The molecule has 1 heterocycles. The van der Waals surface area contributed by atoms with Crippen LogP contribution in [0.4, 0.5) is 24.5 Å². The fourth-order valence-electron chi connectivity index (χ4n) is 2.96. The van der Waals surface area contributed by atoms with Crippen molar-refractivity contribution in [3.05, 3.63) is 66.0 Å². The third-order valence-corrected chi connectivity index (χ3v) is 4.84. The lowest BCUT2D eigenvalue weighted by molar-refractivity contribution is -0.137. The Labute approximate surface area is 193 Å². The number of aromatic nitrogens is 2. The number of alkyl halides is 3. The number of amides is 1. The zero-order valence-corrected chi connectivity index (χ0v) is 18.9. The Kier molecular flexibility index (Phi) is 7.14. The van der Waals surface area contributed by atoms with Crippen LogP contribution in [0.25, 0.3) is 5.69 Å². The molecule has 8 nitrogen and oxygen atoms in total. The van der Waals surface area contributed by atoms with E-state index >= 15 is 0 Å². The first-order valence-electron chi connectivity index (χ1n) is 10.1. The SMILES string of the molecule is COc1cn(-c2cccc(C(F)(F)F)c2)nc1C(=O)OC(C)C(=O)Nc1ccc(N(C)C)cc1. The maximum atomic E-state index is 13.0. The molecule has 0 saturated heterocycles. The van der Waals surface area contributed by atoms with Gasteiger partial charge in [0, 0.05) is 25.5 Å². The number of carbonyl (C=O) groups is 2. The van der Waals surface area contributed by atoms with Gasteiger partial charge < -0.3 is 19.7 Å². The average Bonchev–Trinajstić information content (AvgIpc) is 3.23. The van der Waals surface area contributed by atoms with Crippen molar-refractivity contribution in [3.63, 3.8) is 0 Å². The molecular weight excluding hydrogens is 453 g/mol. The summed E-state index contributed by atoms with van der Waals surface area (Å²) in [4.78, 5) is 27.0. The highest BCUT2D eigenvalue weighted by Crippen LogP contribution is 2.31. The monoisotopic (exact) mass is 476 g/mol. The standard InChI is InChI=1S/C23H23F3N4O4/c1-14(21(31)27-16-8-10-17(11-9-16)29(2)3)34-22(32)20-19(33-4)13-30(28-20)18-7-5-6-15(12-18)23(24,25)26/h5-14H,1-4H3,(H,27,31). The third-order valence-electron chi connectivity index (χ3n) is 4.84. The summed E-state index contributed by atoms with van der Waals surface area (Å²) in [5.74, 6) is -1.55. The lowest BCUT2D eigenvalue weighted by Gasteiger charge is -2.15. The molecule has 0 saturated carbocycles. The second kappa shape index (κ2) is 9.86. The zero-order valence-electron chi connectivity index (χ0n) is 18.9. The summed E-state index contributed by atoms with van der Waals surface area (Å²) in [6.07, 6.45) is -4.46. The molecule has 0 fully saturated rings. The summed E-state index contributed by atoms with van der Waals surface area (Å²) in [7, 11) is 5.05. The smallest absolute Gasteiger partial charge is 0.416 e. The van der Waals surface area contributed by atoms with Gasteiger partial charge >= 0.3 is 12.1 Å². The molecular formula is C23H23F3N4O4. The van der Waals surface area contributed by atoms with Crippen molar-refractivity contribution in [1.29, 1.82) is 0 Å². The summed E-state index contributed by atoms with van der Waals surface area (Å²) >= 11 is 0. The molecule has 1 aromatic heterocycles. The molecule has 3 aromatic rings. The van der Waals surface area contributed by atoms with Gasteiger partial charge in [0.1, 0.15) is 0 Å². The average molecular weight is 476 g/mol. The van der Waals surface area contributed by atoms with E-state index in [1.807, 2.05) is 31.1 Å². The van der Waals surface area contributed by atoms with Gasteiger partial charge in [-0.2, -0.15) is 18.3 Å². The summed E-state index contributed by atoms with van der Waals surface area (Å²) < 4.78 is 50.5. The lowest BCUT2D eigenvalue weighted by Crippen LogP contribution is -2.30. The molecule has 0 spiro atoms. The van der Waals surface area contributed by atoms with E-state index in [4.69, 9.17) is 9.47 Å². The topological polar surface area (TPSA) is 85.7 Å². The van der Waals surface area contributed by atoms with Crippen molar-refractivity contribution in [2.24, 2.45) is 0 Å². The van der Waals surface area contributed by atoms with Crippen molar-refractivity contribution in [2.45, 2.75) is 19.2 Å². The number of methoxy groups -OCH3 is 1. The normalized spacial score (nSPS) is 12.1. The van der Waals surface area contributed by atoms with Gasteiger partial charge in [-0.05, 0) is 49.4 Å². The van der Waals surface area contributed by atoms with Gasteiger partial charge in [-0.3, -0.25) is 4.79 Å². The predicted molar refractivity (Wildman–Crippen MR) is 119 cm³/mol. The number of nitrogens with one attached hydrogen (secondary N) is 1. The Balaban J connectivity index is 1.73. The molecule has 3 rings (SSSR count). The van der Waals surface area contributed by atoms with Crippen LogP contribution in [0.3, 0.4) is 0 Å². The molecule has 34 heavy (non-hydrogen) atoms. The van der Waals surface area contributed by atoms with Crippen LogP contribution in [0.15, 0.2) is 54.7 Å². The highest BCUT2D eigenvalue weighted by molar-refractivity contribution is 5.97.